The average molecular weight is 361 g/mol. The molecule has 26 heavy (non-hydrogen) atoms. The molecule has 1 aromatic carbocycles. The van der Waals surface area contributed by atoms with Crippen LogP contribution in [0.15, 0.2) is 29.8 Å². The Morgan fingerprint density at radius 2 is 2.15 bits per heavy atom. The maximum Gasteiger partial charge on any atom is 0.341 e. The molecule has 1 amide bonds. The highest BCUT2D eigenvalue weighted by atomic mass is 16.6. The molecule has 0 saturated heterocycles. The predicted octanol–water partition coefficient (Wildman–Crippen LogP) is 2.73. The number of rotatable bonds is 7. The molecule has 0 aromatic heterocycles. The van der Waals surface area contributed by atoms with Crippen molar-refractivity contribution >= 4 is 23.3 Å². The molecule has 1 aliphatic carbocycles. The van der Waals surface area contributed by atoms with Crippen LogP contribution in [-0.4, -0.2) is 29.4 Å². The van der Waals surface area contributed by atoms with Crippen LogP contribution in [0.4, 0.5) is 11.4 Å². The number of nitro benzene ring substituents is 1. The number of nitrogens with one attached hydrogen (secondary N) is 1. The Kier molecular flexibility index (Phi) is 6.71. The van der Waals surface area contributed by atoms with Gasteiger partial charge in [0.25, 0.3) is 11.6 Å². The lowest BCUT2D eigenvalue weighted by Crippen LogP contribution is -2.36. The van der Waals surface area contributed by atoms with Crippen LogP contribution >= 0.6 is 0 Å². The minimum absolute atomic E-state index is 0.0115. The number of ether oxygens (including phenoxy) is 1. The third kappa shape index (κ3) is 5.30. The van der Waals surface area contributed by atoms with Crippen LogP contribution in [0.5, 0.6) is 0 Å². The Labute approximate surface area is 151 Å². The lowest BCUT2D eigenvalue weighted by molar-refractivity contribution is -0.384. The van der Waals surface area contributed by atoms with Gasteiger partial charge >= 0.3 is 5.97 Å². The molecule has 1 aliphatic rings. The van der Waals surface area contributed by atoms with Gasteiger partial charge in [0.1, 0.15) is 0 Å². The lowest BCUT2D eigenvalue weighted by atomic mass is 9.97. The first-order valence-corrected chi connectivity index (χ1v) is 8.59. The van der Waals surface area contributed by atoms with E-state index in [0.717, 1.165) is 31.4 Å². The summed E-state index contributed by atoms with van der Waals surface area (Å²) in [6, 6.07) is 3.46. The Bertz CT molecular complexity index is 730. The first-order valence-electron chi connectivity index (χ1n) is 8.59. The lowest BCUT2D eigenvalue weighted by Gasteiger charge is -2.16. The van der Waals surface area contributed by atoms with Gasteiger partial charge in [0, 0.05) is 18.7 Å². The average Bonchev–Trinajstić information content (AvgIpc) is 2.62. The molecule has 0 aliphatic heterocycles. The van der Waals surface area contributed by atoms with Crippen LogP contribution in [0, 0.1) is 10.1 Å². The topological polar surface area (TPSA) is 125 Å². The molecule has 3 N–H and O–H groups in total. The summed E-state index contributed by atoms with van der Waals surface area (Å²) in [7, 11) is 0. The summed E-state index contributed by atoms with van der Waals surface area (Å²) in [5.41, 5.74) is 6.71. The van der Waals surface area contributed by atoms with E-state index in [0.29, 0.717) is 6.54 Å². The molecule has 1 aromatic rings. The van der Waals surface area contributed by atoms with Gasteiger partial charge in [-0.1, -0.05) is 11.6 Å². The van der Waals surface area contributed by atoms with E-state index in [-0.39, 0.29) is 16.9 Å². The maximum atomic E-state index is 12.1. The molecule has 0 radical (unpaired) electrons. The first-order chi connectivity index (χ1) is 12.4. The van der Waals surface area contributed by atoms with E-state index in [1.165, 1.54) is 31.4 Å². The third-order valence-corrected chi connectivity index (χ3v) is 4.25. The van der Waals surface area contributed by atoms with E-state index in [1.54, 1.807) is 0 Å². The van der Waals surface area contributed by atoms with Crippen LogP contribution in [0.3, 0.4) is 0 Å². The van der Waals surface area contributed by atoms with Crippen molar-refractivity contribution < 1.29 is 19.2 Å². The minimum Gasteiger partial charge on any atom is -0.449 e. The fraction of sp³-hybridized carbons (Fsp3) is 0.444. The number of hydrogen-bond acceptors (Lipinski definition) is 6. The molecule has 0 spiro atoms. The number of hydrogen-bond donors (Lipinski definition) is 2. The van der Waals surface area contributed by atoms with Crippen LogP contribution in [0.25, 0.3) is 0 Å². The zero-order chi connectivity index (χ0) is 19.1. The van der Waals surface area contributed by atoms with E-state index in [4.69, 9.17) is 10.5 Å². The van der Waals surface area contributed by atoms with E-state index >= 15 is 0 Å². The number of non-ortho nitro benzene ring substituents is 1. The molecular weight excluding hydrogens is 338 g/mol. The molecule has 140 valence electrons. The second-order valence-corrected chi connectivity index (χ2v) is 6.23. The Morgan fingerprint density at radius 3 is 2.77 bits per heavy atom. The molecule has 8 nitrogen and oxygen atoms in total. The molecule has 2 rings (SSSR count). The van der Waals surface area contributed by atoms with E-state index in [9.17, 15) is 19.7 Å². The second-order valence-electron chi connectivity index (χ2n) is 6.23. The van der Waals surface area contributed by atoms with Gasteiger partial charge in [-0.25, -0.2) is 4.79 Å². The van der Waals surface area contributed by atoms with Gasteiger partial charge < -0.3 is 15.8 Å². The summed E-state index contributed by atoms with van der Waals surface area (Å²) in [6.07, 6.45) is 6.59. The number of allylic oxidation sites excluding steroid dienone is 1. The summed E-state index contributed by atoms with van der Waals surface area (Å²) in [4.78, 5) is 34.3. The SMILES string of the molecule is C[C@H](OC(=O)c1ccc([N+](=O)[O-])cc1N)C(=O)NCCC1=CCCCC1. The molecular formula is C18H23N3O5. The fourth-order valence-corrected chi connectivity index (χ4v) is 2.75. The highest BCUT2D eigenvalue weighted by molar-refractivity contribution is 5.97. The predicted molar refractivity (Wildman–Crippen MR) is 96.6 cm³/mol. The maximum absolute atomic E-state index is 12.1. The van der Waals surface area contributed by atoms with E-state index < -0.39 is 22.9 Å². The van der Waals surface area contributed by atoms with Crippen molar-refractivity contribution in [3.05, 3.63) is 45.5 Å². The van der Waals surface area contributed by atoms with Crippen molar-refractivity contribution in [1.82, 2.24) is 5.32 Å². The quantitative estimate of drug-likeness (QED) is 0.253. The monoisotopic (exact) mass is 361 g/mol. The van der Waals surface area contributed by atoms with Crippen molar-refractivity contribution in [2.75, 3.05) is 12.3 Å². The normalized spacial score (nSPS) is 14.9. The zero-order valence-corrected chi connectivity index (χ0v) is 14.7. The van der Waals surface area contributed by atoms with Gasteiger partial charge in [-0.3, -0.25) is 14.9 Å². The minimum atomic E-state index is -0.988. The van der Waals surface area contributed by atoms with E-state index in [2.05, 4.69) is 11.4 Å². The number of nitrogen functional groups attached to an aromatic ring is 1. The Morgan fingerprint density at radius 1 is 1.38 bits per heavy atom. The molecule has 8 heteroatoms. The summed E-state index contributed by atoms with van der Waals surface area (Å²) >= 11 is 0. The summed E-state index contributed by atoms with van der Waals surface area (Å²) in [6.45, 7) is 1.96. The summed E-state index contributed by atoms with van der Waals surface area (Å²) in [5, 5.41) is 13.4. The largest absolute Gasteiger partial charge is 0.449 e. The van der Waals surface area contributed by atoms with Gasteiger partial charge in [-0.15, -0.1) is 0 Å². The number of amides is 1. The standard InChI is InChI=1S/C18H23N3O5/c1-12(17(22)20-10-9-13-5-3-2-4-6-13)26-18(23)15-8-7-14(21(24)25)11-16(15)19/h5,7-8,11-12H,2-4,6,9-10,19H2,1H3,(H,20,22)/t12-/m0/s1. The Balaban J connectivity index is 1.84. The molecule has 0 bridgehead atoms. The van der Waals surface area contributed by atoms with Gasteiger partial charge in [-0.2, -0.15) is 0 Å². The molecule has 0 heterocycles. The van der Waals surface area contributed by atoms with Crippen LogP contribution in [0.1, 0.15) is 49.4 Å². The number of benzene rings is 1. The van der Waals surface area contributed by atoms with Gasteiger partial charge in [0.05, 0.1) is 16.2 Å². The van der Waals surface area contributed by atoms with Gasteiger partial charge in [0.2, 0.25) is 0 Å². The third-order valence-electron chi connectivity index (χ3n) is 4.25. The van der Waals surface area contributed by atoms with Crippen molar-refractivity contribution in [2.24, 2.45) is 0 Å². The number of nitrogens with two attached hydrogens (primary N) is 1. The van der Waals surface area contributed by atoms with E-state index in [1.807, 2.05) is 0 Å². The number of carbonyl (C=O) groups excluding carboxylic acids is 2. The van der Waals surface area contributed by atoms with Gasteiger partial charge in [0.15, 0.2) is 6.10 Å². The van der Waals surface area contributed by atoms with Gasteiger partial charge in [-0.05, 0) is 45.1 Å². The number of anilines is 1. The zero-order valence-electron chi connectivity index (χ0n) is 14.7. The molecule has 1 atom stereocenters. The number of esters is 1. The van der Waals surface area contributed by atoms with Crippen LogP contribution in [-0.2, 0) is 9.53 Å². The second kappa shape index (κ2) is 8.98. The number of carbonyl (C=O) groups is 2. The summed E-state index contributed by atoms with van der Waals surface area (Å²) in [5.74, 6) is -1.19. The van der Waals surface area contributed by atoms with Crippen molar-refractivity contribution in [3.8, 4) is 0 Å². The molecule has 0 unspecified atom stereocenters. The smallest absolute Gasteiger partial charge is 0.341 e. The highest BCUT2D eigenvalue weighted by Crippen LogP contribution is 2.21. The summed E-state index contributed by atoms with van der Waals surface area (Å²) < 4.78 is 5.11. The highest BCUT2D eigenvalue weighted by Gasteiger charge is 2.21. The van der Waals surface area contributed by atoms with Crippen LogP contribution in [0.2, 0.25) is 0 Å². The number of nitro groups is 1. The molecule has 0 fully saturated rings. The Hall–Kier alpha value is -2.90. The first kappa shape index (κ1) is 19.4. The van der Waals surface area contributed by atoms with Crippen molar-refractivity contribution in [3.63, 3.8) is 0 Å². The molecule has 0 saturated carbocycles. The van der Waals surface area contributed by atoms with Crippen molar-refractivity contribution in [1.29, 1.82) is 0 Å². The van der Waals surface area contributed by atoms with Crippen molar-refractivity contribution in [2.45, 2.75) is 45.1 Å². The van der Waals surface area contributed by atoms with Crippen LogP contribution < -0.4 is 11.1 Å². The number of nitrogens with zero attached hydrogens (tertiary/aromatic N) is 1. The fourth-order valence-electron chi connectivity index (χ4n) is 2.75.